The lowest BCUT2D eigenvalue weighted by Gasteiger charge is -2.08. The summed E-state index contributed by atoms with van der Waals surface area (Å²) in [5.41, 5.74) is 7.48. The number of aliphatic imine (C=N–C) groups is 1. The van der Waals surface area contributed by atoms with E-state index in [1.165, 1.54) is 6.33 Å². The number of fused-ring (bicyclic) bond motifs is 1. The Labute approximate surface area is 260 Å². The van der Waals surface area contributed by atoms with Gasteiger partial charge in [-0.15, -0.1) is 0 Å². The lowest BCUT2D eigenvalue weighted by Crippen LogP contribution is -1.96. The second kappa shape index (κ2) is 12.4. The van der Waals surface area contributed by atoms with Gasteiger partial charge in [0.2, 0.25) is 5.71 Å². The van der Waals surface area contributed by atoms with Crippen molar-refractivity contribution in [1.82, 2.24) is 9.97 Å². The quantitative estimate of drug-likeness (QED) is 0.165. The van der Waals surface area contributed by atoms with Crippen LogP contribution < -0.4 is 4.74 Å². The molecule has 44 heavy (non-hydrogen) atoms. The maximum atomic E-state index is 6.41. The Hall–Kier alpha value is -5.52. The van der Waals surface area contributed by atoms with E-state index in [9.17, 15) is 0 Å². The molecule has 0 aliphatic carbocycles. The fourth-order valence-corrected chi connectivity index (χ4v) is 5.30. The van der Waals surface area contributed by atoms with Crippen molar-refractivity contribution >= 4 is 34.7 Å². The number of hydrogen-bond acceptors (Lipinski definition) is 5. The van der Waals surface area contributed by atoms with Gasteiger partial charge in [-0.1, -0.05) is 115 Å². The molecular weight excluding hydrogens is 566 g/mol. The van der Waals surface area contributed by atoms with E-state index < -0.39 is 0 Å². The van der Waals surface area contributed by atoms with Gasteiger partial charge in [0.25, 0.3) is 0 Å². The Kier molecular flexibility index (Phi) is 7.69. The predicted octanol–water partition coefficient (Wildman–Crippen LogP) is 10.2. The van der Waals surface area contributed by atoms with Crippen LogP contribution >= 0.6 is 11.6 Å². The fourth-order valence-electron chi connectivity index (χ4n) is 5.11. The average molecular weight is 592 g/mol. The second-order valence-corrected chi connectivity index (χ2v) is 10.6. The second-order valence-electron chi connectivity index (χ2n) is 10.2. The van der Waals surface area contributed by atoms with E-state index in [0.29, 0.717) is 23.2 Å². The standard InChI is InChI=1S/C38H26ClN3O2/c39-33-14-8-7-13-31(33)24-43-32-21-15-26(16-22-32)23-40-37-35-34(29-11-5-2-6-12-29)36(44-38(35)42-25-41-37)30-19-17-28(18-20-30)27-9-3-1-4-10-27/h1-23,25H,24H2. The molecule has 7 rings (SSSR count). The maximum absolute atomic E-state index is 6.41. The van der Waals surface area contributed by atoms with Gasteiger partial charge < -0.3 is 9.15 Å². The zero-order valence-electron chi connectivity index (χ0n) is 23.6. The molecule has 2 aromatic heterocycles. The number of hydrogen-bond donors (Lipinski definition) is 0. The van der Waals surface area contributed by atoms with Gasteiger partial charge in [0.05, 0.1) is 5.39 Å². The van der Waals surface area contributed by atoms with E-state index in [0.717, 1.165) is 55.8 Å². The predicted molar refractivity (Wildman–Crippen MR) is 178 cm³/mol. The summed E-state index contributed by atoms with van der Waals surface area (Å²) in [6, 6.07) is 44.3. The molecule has 5 nitrogen and oxygen atoms in total. The first-order valence-corrected chi connectivity index (χ1v) is 14.6. The van der Waals surface area contributed by atoms with E-state index in [1.807, 2.05) is 84.9 Å². The van der Waals surface area contributed by atoms with Crippen LogP contribution in [0.4, 0.5) is 5.82 Å². The number of furan rings is 1. The van der Waals surface area contributed by atoms with Gasteiger partial charge in [-0.3, -0.25) is 0 Å². The maximum Gasteiger partial charge on any atom is 0.232 e. The van der Waals surface area contributed by atoms with Crippen LogP contribution in [-0.2, 0) is 6.61 Å². The molecule has 0 saturated carbocycles. The number of nitrogens with zero attached hydrogens (tertiary/aromatic N) is 3. The van der Waals surface area contributed by atoms with Crippen LogP contribution in [0, 0.1) is 0 Å². The van der Waals surface area contributed by atoms with Gasteiger partial charge in [-0.25, -0.2) is 15.0 Å². The van der Waals surface area contributed by atoms with Crippen LogP contribution in [0.15, 0.2) is 149 Å². The van der Waals surface area contributed by atoms with Crippen molar-refractivity contribution < 1.29 is 9.15 Å². The first-order valence-electron chi connectivity index (χ1n) is 14.2. The minimum atomic E-state index is 0.395. The molecule has 5 aromatic carbocycles. The monoisotopic (exact) mass is 591 g/mol. The fraction of sp³-hybridized carbons (Fsp3) is 0.0263. The van der Waals surface area contributed by atoms with Gasteiger partial charge in [0.1, 0.15) is 24.4 Å². The average Bonchev–Trinajstić information content (AvgIpc) is 3.49. The molecule has 0 bridgehead atoms. The Morgan fingerprint density at radius 3 is 2.02 bits per heavy atom. The van der Waals surface area contributed by atoms with Crippen LogP contribution in [0.2, 0.25) is 5.02 Å². The van der Waals surface area contributed by atoms with Gasteiger partial charge in [-0.2, -0.15) is 0 Å². The summed E-state index contributed by atoms with van der Waals surface area (Å²) in [5, 5.41) is 1.45. The van der Waals surface area contributed by atoms with Crippen molar-refractivity contribution in [3.63, 3.8) is 0 Å². The Balaban J connectivity index is 1.21. The largest absolute Gasteiger partial charge is 0.489 e. The molecule has 0 spiro atoms. The molecule has 0 atom stereocenters. The summed E-state index contributed by atoms with van der Waals surface area (Å²) in [4.78, 5) is 13.8. The lowest BCUT2D eigenvalue weighted by atomic mass is 9.97. The highest BCUT2D eigenvalue weighted by Crippen LogP contribution is 2.43. The minimum Gasteiger partial charge on any atom is -0.489 e. The Morgan fingerprint density at radius 1 is 0.659 bits per heavy atom. The van der Waals surface area contributed by atoms with Gasteiger partial charge in [-0.05, 0) is 52.6 Å². The molecule has 0 radical (unpaired) electrons. The molecule has 212 valence electrons. The highest BCUT2D eigenvalue weighted by Gasteiger charge is 2.22. The van der Waals surface area contributed by atoms with Crippen molar-refractivity contribution in [2.75, 3.05) is 0 Å². The SMILES string of the molecule is Clc1ccccc1COc1ccc(C=Nc2ncnc3oc(-c4ccc(-c5ccccc5)cc4)c(-c4ccccc4)c23)cc1. The number of halogens is 1. The molecule has 0 aliphatic rings. The van der Waals surface area contributed by atoms with Crippen molar-refractivity contribution in [3.05, 3.63) is 156 Å². The van der Waals surface area contributed by atoms with E-state index >= 15 is 0 Å². The van der Waals surface area contributed by atoms with E-state index in [-0.39, 0.29) is 0 Å². The topological polar surface area (TPSA) is 60.5 Å². The van der Waals surface area contributed by atoms with Gasteiger partial charge in [0.15, 0.2) is 5.82 Å². The summed E-state index contributed by atoms with van der Waals surface area (Å²) in [7, 11) is 0. The molecule has 0 amide bonds. The highest BCUT2D eigenvalue weighted by atomic mass is 35.5. The van der Waals surface area contributed by atoms with Gasteiger partial charge in [0, 0.05) is 27.9 Å². The van der Waals surface area contributed by atoms with Crippen LogP contribution in [-0.4, -0.2) is 16.2 Å². The molecule has 2 heterocycles. The minimum absolute atomic E-state index is 0.395. The zero-order valence-corrected chi connectivity index (χ0v) is 24.4. The highest BCUT2D eigenvalue weighted by molar-refractivity contribution is 6.31. The number of aromatic nitrogens is 2. The van der Waals surface area contributed by atoms with Crippen molar-refractivity contribution in [2.24, 2.45) is 4.99 Å². The Morgan fingerprint density at radius 2 is 1.30 bits per heavy atom. The molecule has 0 fully saturated rings. The molecule has 0 unspecified atom stereocenters. The summed E-state index contributed by atoms with van der Waals surface area (Å²) in [6.07, 6.45) is 3.27. The van der Waals surface area contributed by atoms with Crippen LogP contribution in [0.1, 0.15) is 11.1 Å². The molecule has 0 aliphatic heterocycles. The van der Waals surface area contributed by atoms with Crippen LogP contribution in [0.3, 0.4) is 0 Å². The third-order valence-corrected chi connectivity index (χ3v) is 7.72. The lowest BCUT2D eigenvalue weighted by molar-refractivity contribution is 0.306. The van der Waals surface area contributed by atoms with Crippen molar-refractivity contribution in [1.29, 1.82) is 0 Å². The number of ether oxygens (including phenoxy) is 1. The summed E-state index contributed by atoms with van der Waals surface area (Å²) in [5.74, 6) is 2.00. The summed E-state index contributed by atoms with van der Waals surface area (Å²) >= 11 is 6.26. The molecular formula is C38H26ClN3O2. The van der Waals surface area contributed by atoms with E-state index in [2.05, 4.69) is 58.5 Å². The van der Waals surface area contributed by atoms with Crippen molar-refractivity contribution in [3.8, 4) is 39.3 Å². The van der Waals surface area contributed by atoms with Gasteiger partial charge >= 0.3 is 0 Å². The molecule has 6 heteroatoms. The normalized spacial score (nSPS) is 11.3. The first-order chi connectivity index (χ1) is 21.7. The number of rotatable bonds is 8. The first kappa shape index (κ1) is 27.3. The molecule has 0 N–H and O–H groups in total. The third-order valence-electron chi connectivity index (χ3n) is 7.35. The van der Waals surface area contributed by atoms with Crippen LogP contribution in [0.25, 0.3) is 44.7 Å². The number of benzene rings is 5. The zero-order chi connectivity index (χ0) is 29.7. The van der Waals surface area contributed by atoms with Crippen LogP contribution in [0.5, 0.6) is 5.75 Å². The van der Waals surface area contributed by atoms with E-state index in [4.69, 9.17) is 25.7 Å². The van der Waals surface area contributed by atoms with Crippen molar-refractivity contribution in [2.45, 2.75) is 6.61 Å². The summed E-state index contributed by atoms with van der Waals surface area (Å²) in [6.45, 7) is 0.395. The van der Waals surface area contributed by atoms with E-state index in [1.54, 1.807) is 6.21 Å². The molecule has 0 saturated heterocycles. The molecule has 7 aromatic rings. The third kappa shape index (κ3) is 5.74. The summed E-state index contributed by atoms with van der Waals surface area (Å²) < 4.78 is 12.3. The smallest absolute Gasteiger partial charge is 0.232 e. The Bertz CT molecular complexity index is 2050.